The zero-order valence-corrected chi connectivity index (χ0v) is 7.72. The highest BCUT2D eigenvalue weighted by Gasteiger charge is 2.26. The number of carboxylic acid groups (broad SMARTS) is 1. The van der Waals surface area contributed by atoms with E-state index in [1.807, 2.05) is 0 Å². The van der Waals surface area contributed by atoms with Crippen LogP contribution in [0.4, 0.5) is 0 Å². The highest BCUT2D eigenvalue weighted by Crippen LogP contribution is 2.16. The Labute approximate surface area is 81.6 Å². The number of nitrogens with zero attached hydrogens (tertiary/aromatic N) is 1. The summed E-state index contributed by atoms with van der Waals surface area (Å²) in [5, 5.41) is 17.2. The fourth-order valence-corrected chi connectivity index (χ4v) is 1.55. The lowest BCUT2D eigenvalue weighted by Gasteiger charge is -2.20. The molecule has 0 aromatic heterocycles. The van der Waals surface area contributed by atoms with Crippen molar-refractivity contribution in [1.82, 2.24) is 4.90 Å². The molecular formula is C9H13NO4. The summed E-state index contributed by atoms with van der Waals surface area (Å²) >= 11 is 0. The van der Waals surface area contributed by atoms with Gasteiger partial charge in [0.1, 0.15) is 0 Å². The number of hydrogen-bond acceptors (Lipinski definition) is 3. The first-order valence-corrected chi connectivity index (χ1v) is 4.47. The summed E-state index contributed by atoms with van der Waals surface area (Å²) in [6, 6.07) is -0.152. The average molecular weight is 199 g/mol. The molecule has 14 heavy (non-hydrogen) atoms. The van der Waals surface area contributed by atoms with Gasteiger partial charge >= 0.3 is 5.97 Å². The van der Waals surface area contributed by atoms with Crippen molar-refractivity contribution in [2.24, 2.45) is 0 Å². The van der Waals surface area contributed by atoms with E-state index in [0.29, 0.717) is 6.54 Å². The van der Waals surface area contributed by atoms with Crippen LogP contribution in [0.1, 0.15) is 12.8 Å². The van der Waals surface area contributed by atoms with Crippen molar-refractivity contribution in [3.63, 3.8) is 0 Å². The van der Waals surface area contributed by atoms with Crippen molar-refractivity contribution >= 4 is 11.9 Å². The first-order chi connectivity index (χ1) is 6.65. The Balaban J connectivity index is 2.55. The predicted octanol–water partition coefficient (Wildman–Crippen LogP) is -0.390. The minimum atomic E-state index is -1.14. The van der Waals surface area contributed by atoms with Gasteiger partial charge in [0.25, 0.3) is 0 Å². The van der Waals surface area contributed by atoms with Crippen molar-refractivity contribution in [1.29, 1.82) is 0 Å². The lowest BCUT2D eigenvalue weighted by molar-refractivity contribution is -0.132. The number of hydrogen-bond donors (Lipinski definition) is 2. The van der Waals surface area contributed by atoms with E-state index in [1.54, 1.807) is 0 Å². The quantitative estimate of drug-likeness (QED) is 0.607. The Morgan fingerprint density at radius 1 is 1.43 bits per heavy atom. The molecule has 1 atom stereocenters. The normalized spacial score (nSPS) is 21.8. The largest absolute Gasteiger partial charge is 0.478 e. The molecule has 78 valence electrons. The molecule has 1 unspecified atom stereocenters. The molecule has 1 amide bonds. The fourth-order valence-electron chi connectivity index (χ4n) is 1.55. The van der Waals surface area contributed by atoms with Crippen LogP contribution in [0.5, 0.6) is 0 Å². The lowest BCUT2D eigenvalue weighted by atomic mass is 10.2. The van der Waals surface area contributed by atoms with E-state index in [-0.39, 0.29) is 18.6 Å². The SMILES string of the molecule is O=C(O)/C=C/C(=O)N1CCCC1CO. The maximum atomic E-state index is 11.4. The standard InChI is InChI=1S/C9H13NO4/c11-6-7-2-1-5-10(7)8(12)3-4-9(13)14/h3-4,7,11H,1-2,5-6H2,(H,13,14)/b4-3+. The smallest absolute Gasteiger partial charge is 0.328 e. The minimum absolute atomic E-state index is 0.0628. The number of rotatable bonds is 3. The molecule has 1 heterocycles. The monoisotopic (exact) mass is 199 g/mol. The number of aliphatic carboxylic acids is 1. The van der Waals surface area contributed by atoms with Crippen LogP contribution in [-0.4, -0.2) is 46.2 Å². The second-order valence-electron chi connectivity index (χ2n) is 3.18. The van der Waals surface area contributed by atoms with Crippen LogP contribution >= 0.6 is 0 Å². The number of likely N-dealkylation sites (tertiary alicyclic amines) is 1. The second-order valence-corrected chi connectivity index (χ2v) is 3.18. The Hall–Kier alpha value is -1.36. The van der Waals surface area contributed by atoms with Gasteiger partial charge in [-0.1, -0.05) is 0 Å². The van der Waals surface area contributed by atoms with Crippen LogP contribution in [0.15, 0.2) is 12.2 Å². The van der Waals surface area contributed by atoms with Gasteiger partial charge < -0.3 is 15.1 Å². The first kappa shape index (κ1) is 10.7. The topological polar surface area (TPSA) is 77.8 Å². The number of aliphatic hydroxyl groups is 1. The predicted molar refractivity (Wildman–Crippen MR) is 48.6 cm³/mol. The summed E-state index contributed by atoms with van der Waals surface area (Å²) in [6.45, 7) is 0.528. The van der Waals surface area contributed by atoms with Crippen molar-refractivity contribution < 1.29 is 19.8 Å². The highest BCUT2D eigenvalue weighted by molar-refractivity contribution is 5.94. The van der Waals surface area contributed by atoms with E-state index in [0.717, 1.165) is 25.0 Å². The third-order valence-corrected chi connectivity index (χ3v) is 2.24. The number of carbonyl (C=O) groups excluding carboxylic acids is 1. The molecule has 5 nitrogen and oxygen atoms in total. The molecule has 5 heteroatoms. The number of aliphatic hydroxyl groups excluding tert-OH is 1. The number of carboxylic acids is 1. The van der Waals surface area contributed by atoms with E-state index in [1.165, 1.54) is 4.90 Å². The molecule has 1 aliphatic heterocycles. The molecular weight excluding hydrogens is 186 g/mol. The Morgan fingerprint density at radius 3 is 2.71 bits per heavy atom. The molecule has 1 aliphatic rings. The summed E-state index contributed by atoms with van der Waals surface area (Å²) in [6.07, 6.45) is 3.48. The van der Waals surface area contributed by atoms with Crippen LogP contribution < -0.4 is 0 Å². The van der Waals surface area contributed by atoms with Crippen LogP contribution in [0, 0.1) is 0 Å². The van der Waals surface area contributed by atoms with Gasteiger partial charge in [-0.3, -0.25) is 4.79 Å². The molecule has 0 saturated carbocycles. The Bertz CT molecular complexity index is 262. The van der Waals surface area contributed by atoms with E-state index in [9.17, 15) is 9.59 Å². The van der Waals surface area contributed by atoms with E-state index in [4.69, 9.17) is 10.2 Å². The zero-order chi connectivity index (χ0) is 10.6. The third-order valence-electron chi connectivity index (χ3n) is 2.24. The van der Waals surface area contributed by atoms with E-state index in [2.05, 4.69) is 0 Å². The summed E-state index contributed by atoms with van der Waals surface area (Å²) in [5.41, 5.74) is 0. The summed E-state index contributed by atoms with van der Waals surface area (Å²) < 4.78 is 0. The molecule has 0 spiro atoms. The first-order valence-electron chi connectivity index (χ1n) is 4.47. The van der Waals surface area contributed by atoms with Crippen LogP contribution in [0.3, 0.4) is 0 Å². The van der Waals surface area contributed by atoms with Gasteiger partial charge in [0, 0.05) is 18.7 Å². The molecule has 1 saturated heterocycles. The maximum absolute atomic E-state index is 11.4. The zero-order valence-electron chi connectivity index (χ0n) is 7.72. The molecule has 0 bridgehead atoms. The lowest BCUT2D eigenvalue weighted by Crippen LogP contribution is -2.36. The molecule has 0 aromatic rings. The summed E-state index contributed by atoms with van der Waals surface area (Å²) in [5.74, 6) is -1.48. The molecule has 1 fully saturated rings. The Kier molecular flexibility index (Phi) is 3.64. The van der Waals surface area contributed by atoms with E-state index >= 15 is 0 Å². The van der Waals surface area contributed by atoms with Crippen molar-refractivity contribution in [3.8, 4) is 0 Å². The van der Waals surface area contributed by atoms with Crippen LogP contribution in [0.25, 0.3) is 0 Å². The molecule has 1 rings (SSSR count). The molecule has 0 aromatic carbocycles. The van der Waals surface area contributed by atoms with Gasteiger partial charge in [-0.2, -0.15) is 0 Å². The van der Waals surface area contributed by atoms with Crippen LogP contribution in [0.2, 0.25) is 0 Å². The Morgan fingerprint density at radius 2 is 2.14 bits per heavy atom. The van der Waals surface area contributed by atoms with Crippen LogP contribution in [-0.2, 0) is 9.59 Å². The third kappa shape index (κ3) is 2.56. The average Bonchev–Trinajstić information content (AvgIpc) is 2.61. The van der Waals surface area contributed by atoms with Crippen molar-refractivity contribution in [2.75, 3.05) is 13.2 Å². The molecule has 2 N–H and O–H groups in total. The second kappa shape index (κ2) is 4.76. The van der Waals surface area contributed by atoms with Gasteiger partial charge in [0.05, 0.1) is 12.6 Å². The summed E-state index contributed by atoms with van der Waals surface area (Å²) in [7, 11) is 0. The summed E-state index contributed by atoms with van der Waals surface area (Å²) in [4.78, 5) is 23.0. The van der Waals surface area contributed by atoms with Gasteiger partial charge in [-0.25, -0.2) is 4.79 Å². The highest BCUT2D eigenvalue weighted by atomic mass is 16.4. The van der Waals surface area contributed by atoms with Gasteiger partial charge in [0.2, 0.25) is 5.91 Å². The fraction of sp³-hybridized carbons (Fsp3) is 0.556. The minimum Gasteiger partial charge on any atom is -0.478 e. The van der Waals surface area contributed by atoms with Crippen molar-refractivity contribution in [2.45, 2.75) is 18.9 Å². The number of carbonyl (C=O) groups is 2. The number of amides is 1. The maximum Gasteiger partial charge on any atom is 0.328 e. The molecule has 0 aliphatic carbocycles. The van der Waals surface area contributed by atoms with Gasteiger partial charge in [0.15, 0.2) is 0 Å². The van der Waals surface area contributed by atoms with Gasteiger partial charge in [-0.15, -0.1) is 0 Å². The van der Waals surface area contributed by atoms with Gasteiger partial charge in [-0.05, 0) is 12.8 Å². The van der Waals surface area contributed by atoms with Crippen molar-refractivity contribution in [3.05, 3.63) is 12.2 Å². The molecule has 0 radical (unpaired) electrons. The van der Waals surface area contributed by atoms with E-state index < -0.39 is 5.97 Å².